The minimum absolute atomic E-state index is 0.264. The van der Waals surface area contributed by atoms with Gasteiger partial charge in [-0.25, -0.2) is 0 Å². The molecule has 1 heterocycles. The van der Waals surface area contributed by atoms with Crippen LogP contribution in [0.3, 0.4) is 0 Å². The number of hydrogen-bond donors (Lipinski definition) is 1. The molecule has 1 heteroatoms. The van der Waals surface area contributed by atoms with Crippen LogP contribution in [0.1, 0.15) is 57.6 Å². The Balaban J connectivity index is 1.80. The molecule has 1 aliphatic heterocycles. The van der Waals surface area contributed by atoms with Crippen LogP contribution in [-0.4, -0.2) is 6.04 Å². The molecule has 3 rings (SSSR count). The van der Waals surface area contributed by atoms with E-state index >= 15 is 0 Å². The average molecular weight is 243 g/mol. The number of hydrogen-bond acceptors (Lipinski definition) is 1. The van der Waals surface area contributed by atoms with E-state index in [1.807, 2.05) is 0 Å². The summed E-state index contributed by atoms with van der Waals surface area (Å²) in [6, 6.07) is 7.73. The van der Waals surface area contributed by atoms with Crippen molar-refractivity contribution in [1.29, 1.82) is 0 Å². The van der Waals surface area contributed by atoms with Crippen LogP contribution in [0.5, 0.6) is 0 Å². The van der Waals surface area contributed by atoms with Crippen molar-refractivity contribution in [2.75, 3.05) is 5.32 Å². The van der Waals surface area contributed by atoms with Gasteiger partial charge < -0.3 is 5.32 Å². The van der Waals surface area contributed by atoms with E-state index in [9.17, 15) is 0 Å². The van der Waals surface area contributed by atoms with Crippen molar-refractivity contribution in [2.24, 2.45) is 5.92 Å². The molecule has 0 amide bonds. The van der Waals surface area contributed by atoms with Crippen molar-refractivity contribution >= 4 is 5.69 Å². The molecule has 0 bridgehead atoms. The third-order valence-corrected chi connectivity index (χ3v) is 4.72. The van der Waals surface area contributed by atoms with E-state index in [1.165, 1.54) is 43.4 Å². The summed E-state index contributed by atoms with van der Waals surface area (Å²) in [5.74, 6) is 0.912. The number of nitrogens with one attached hydrogen (secondary N) is 1. The summed E-state index contributed by atoms with van der Waals surface area (Å²) in [6.07, 6.45) is 6.97. The van der Waals surface area contributed by atoms with Crippen LogP contribution in [0, 0.1) is 5.92 Å². The third kappa shape index (κ3) is 2.15. The van der Waals surface area contributed by atoms with Gasteiger partial charge in [0, 0.05) is 11.7 Å². The molecule has 0 saturated heterocycles. The Morgan fingerprint density at radius 2 is 1.83 bits per heavy atom. The Morgan fingerprint density at radius 1 is 1.11 bits per heavy atom. The summed E-state index contributed by atoms with van der Waals surface area (Å²) >= 11 is 0. The second-order valence-electron chi connectivity index (χ2n) is 7.12. The first-order valence-electron chi connectivity index (χ1n) is 7.44. The second kappa shape index (κ2) is 4.29. The van der Waals surface area contributed by atoms with Crippen molar-refractivity contribution in [1.82, 2.24) is 0 Å². The molecule has 1 saturated carbocycles. The highest BCUT2D eigenvalue weighted by atomic mass is 15.0. The van der Waals surface area contributed by atoms with Crippen molar-refractivity contribution < 1.29 is 0 Å². The monoisotopic (exact) mass is 243 g/mol. The van der Waals surface area contributed by atoms with Gasteiger partial charge in [-0.05, 0) is 47.8 Å². The molecule has 1 atom stereocenters. The van der Waals surface area contributed by atoms with E-state index in [0.717, 1.165) is 5.92 Å². The maximum atomic E-state index is 3.76. The molecule has 1 aromatic carbocycles. The summed E-state index contributed by atoms with van der Waals surface area (Å²) < 4.78 is 0. The molecule has 1 unspecified atom stereocenters. The van der Waals surface area contributed by atoms with Crippen molar-refractivity contribution in [3.63, 3.8) is 0 Å². The zero-order valence-corrected chi connectivity index (χ0v) is 11.9. The Labute approximate surface area is 111 Å². The Morgan fingerprint density at radius 3 is 2.50 bits per heavy atom. The van der Waals surface area contributed by atoms with Gasteiger partial charge in [0.2, 0.25) is 0 Å². The molecule has 1 fully saturated rings. The molecule has 18 heavy (non-hydrogen) atoms. The lowest BCUT2D eigenvalue weighted by atomic mass is 9.85. The normalized spacial score (nSPS) is 24.1. The van der Waals surface area contributed by atoms with Gasteiger partial charge in [-0.2, -0.15) is 0 Å². The van der Waals surface area contributed by atoms with E-state index in [1.54, 1.807) is 5.56 Å². The zero-order valence-electron chi connectivity index (χ0n) is 11.9. The predicted octanol–water partition coefficient (Wildman–Crippen LogP) is 4.51. The predicted molar refractivity (Wildman–Crippen MR) is 78.2 cm³/mol. The molecule has 0 aromatic heterocycles. The molecule has 0 spiro atoms. The summed E-state index contributed by atoms with van der Waals surface area (Å²) in [5, 5.41) is 3.76. The highest BCUT2D eigenvalue weighted by Crippen LogP contribution is 2.37. The van der Waals surface area contributed by atoms with E-state index < -0.39 is 0 Å². The van der Waals surface area contributed by atoms with Gasteiger partial charge in [-0.15, -0.1) is 0 Å². The van der Waals surface area contributed by atoms with Gasteiger partial charge in [0.25, 0.3) is 0 Å². The number of rotatable bonds is 1. The smallest absolute Gasteiger partial charge is 0.0376 e. The van der Waals surface area contributed by atoms with Crippen LogP contribution >= 0.6 is 0 Å². The fourth-order valence-electron chi connectivity index (χ4n) is 3.50. The fourth-order valence-corrected chi connectivity index (χ4v) is 3.50. The summed E-state index contributed by atoms with van der Waals surface area (Å²) in [5.41, 5.74) is 4.66. The third-order valence-electron chi connectivity index (χ3n) is 4.72. The van der Waals surface area contributed by atoms with Crippen LogP contribution < -0.4 is 5.32 Å². The second-order valence-corrected chi connectivity index (χ2v) is 7.12. The number of benzene rings is 1. The molecule has 1 aromatic rings. The minimum Gasteiger partial charge on any atom is -0.381 e. The lowest BCUT2D eigenvalue weighted by Crippen LogP contribution is -2.24. The van der Waals surface area contributed by atoms with Gasteiger partial charge in [0.15, 0.2) is 0 Å². The maximum absolute atomic E-state index is 3.76. The first kappa shape index (κ1) is 12.1. The maximum Gasteiger partial charge on any atom is 0.0376 e. The zero-order chi connectivity index (χ0) is 12.8. The van der Waals surface area contributed by atoms with Crippen LogP contribution in [0.2, 0.25) is 0 Å². The minimum atomic E-state index is 0.264. The van der Waals surface area contributed by atoms with E-state index in [0.29, 0.717) is 6.04 Å². The molecule has 1 nitrogen and oxygen atoms in total. The average Bonchev–Trinajstić information content (AvgIpc) is 2.95. The van der Waals surface area contributed by atoms with Crippen LogP contribution in [0.4, 0.5) is 5.69 Å². The standard InChI is InChI=1S/C17H25N/c1-17(2,3)14-8-9-15-13(10-14)11-16(18-15)12-6-4-5-7-12/h8-10,12,16,18H,4-7,11H2,1-3H3. The molecule has 1 N–H and O–H groups in total. The molecular formula is C17H25N. The van der Waals surface area contributed by atoms with E-state index in [4.69, 9.17) is 0 Å². The molecule has 0 radical (unpaired) electrons. The van der Waals surface area contributed by atoms with Crippen LogP contribution in [-0.2, 0) is 11.8 Å². The Bertz CT molecular complexity index is 435. The number of fused-ring (bicyclic) bond motifs is 1. The Kier molecular flexibility index (Phi) is 2.88. The summed E-state index contributed by atoms with van der Waals surface area (Å²) in [4.78, 5) is 0. The van der Waals surface area contributed by atoms with Gasteiger partial charge in [-0.1, -0.05) is 45.7 Å². The molecular weight excluding hydrogens is 218 g/mol. The fraction of sp³-hybridized carbons (Fsp3) is 0.647. The van der Waals surface area contributed by atoms with Gasteiger partial charge in [0.1, 0.15) is 0 Å². The van der Waals surface area contributed by atoms with E-state index in [2.05, 4.69) is 44.3 Å². The van der Waals surface area contributed by atoms with Gasteiger partial charge in [-0.3, -0.25) is 0 Å². The first-order valence-corrected chi connectivity index (χ1v) is 7.44. The van der Waals surface area contributed by atoms with Crippen molar-refractivity contribution in [2.45, 2.75) is 64.3 Å². The topological polar surface area (TPSA) is 12.0 Å². The highest BCUT2D eigenvalue weighted by molar-refractivity contribution is 5.58. The highest BCUT2D eigenvalue weighted by Gasteiger charge is 2.30. The first-order chi connectivity index (χ1) is 8.54. The van der Waals surface area contributed by atoms with Crippen molar-refractivity contribution in [3.05, 3.63) is 29.3 Å². The van der Waals surface area contributed by atoms with Crippen LogP contribution in [0.25, 0.3) is 0 Å². The number of anilines is 1. The largest absolute Gasteiger partial charge is 0.381 e. The lowest BCUT2D eigenvalue weighted by molar-refractivity contribution is 0.466. The molecule has 1 aliphatic carbocycles. The SMILES string of the molecule is CC(C)(C)c1ccc2c(c1)CC(C1CCCC1)N2. The summed E-state index contributed by atoms with van der Waals surface area (Å²) in [6.45, 7) is 6.89. The molecule has 98 valence electrons. The van der Waals surface area contributed by atoms with E-state index in [-0.39, 0.29) is 5.41 Å². The lowest BCUT2D eigenvalue weighted by Gasteiger charge is -2.19. The van der Waals surface area contributed by atoms with Crippen molar-refractivity contribution in [3.8, 4) is 0 Å². The van der Waals surface area contributed by atoms with Crippen LogP contribution in [0.15, 0.2) is 18.2 Å². The van der Waals surface area contributed by atoms with Gasteiger partial charge in [0.05, 0.1) is 0 Å². The summed E-state index contributed by atoms with van der Waals surface area (Å²) in [7, 11) is 0. The molecule has 2 aliphatic rings. The van der Waals surface area contributed by atoms with Gasteiger partial charge >= 0.3 is 0 Å². The quantitative estimate of drug-likeness (QED) is 0.765. The Hall–Kier alpha value is -0.980.